The van der Waals surface area contributed by atoms with Gasteiger partial charge in [-0.3, -0.25) is 4.79 Å². The Morgan fingerprint density at radius 3 is 2.58 bits per heavy atom. The molecule has 1 amide bonds. The summed E-state index contributed by atoms with van der Waals surface area (Å²) in [7, 11) is 0. The summed E-state index contributed by atoms with van der Waals surface area (Å²) in [4.78, 5) is 14.8. The number of benzene rings is 2. The fraction of sp³-hybridized carbons (Fsp3) is 0.409. The van der Waals surface area contributed by atoms with Crippen LogP contribution in [0.5, 0.6) is 5.75 Å². The Bertz CT molecular complexity index is 795. The van der Waals surface area contributed by atoms with E-state index in [4.69, 9.17) is 16.3 Å². The third-order valence-corrected chi connectivity index (χ3v) is 5.22. The Balaban J connectivity index is 1.72. The molecule has 3 nitrogen and oxygen atoms in total. The van der Waals surface area contributed by atoms with Gasteiger partial charge in [-0.05, 0) is 79.6 Å². The quantitative estimate of drug-likeness (QED) is 0.719. The summed E-state index contributed by atoms with van der Waals surface area (Å²) in [5.74, 6) is 1.65. The van der Waals surface area contributed by atoms with Crippen LogP contribution in [0.1, 0.15) is 46.8 Å². The first-order valence-electron chi connectivity index (χ1n) is 9.21. The molecule has 0 saturated carbocycles. The standard InChI is InChI=1S/C22H26ClNO2/c1-15-6-8-24(9-7-15)22(25)19-11-16(2)10-18(13-19)14-26-21-5-4-20(23)12-17(21)3/h4-5,10-13,15H,6-9,14H2,1-3H3. The van der Waals surface area contributed by atoms with Crippen molar-refractivity contribution in [2.75, 3.05) is 13.1 Å². The van der Waals surface area contributed by atoms with Gasteiger partial charge >= 0.3 is 0 Å². The number of hydrogen-bond donors (Lipinski definition) is 0. The van der Waals surface area contributed by atoms with E-state index >= 15 is 0 Å². The molecule has 1 fully saturated rings. The van der Waals surface area contributed by atoms with Gasteiger partial charge in [0.15, 0.2) is 0 Å². The molecule has 1 aliphatic heterocycles. The van der Waals surface area contributed by atoms with E-state index in [1.807, 2.05) is 49.1 Å². The molecule has 0 unspecified atom stereocenters. The molecule has 0 aliphatic carbocycles. The van der Waals surface area contributed by atoms with Crippen molar-refractivity contribution in [2.45, 2.75) is 40.2 Å². The molecule has 0 bridgehead atoms. The van der Waals surface area contributed by atoms with Crippen LogP contribution in [-0.4, -0.2) is 23.9 Å². The van der Waals surface area contributed by atoms with Gasteiger partial charge in [0.05, 0.1) is 0 Å². The Morgan fingerprint density at radius 1 is 1.15 bits per heavy atom. The number of halogens is 1. The first kappa shape index (κ1) is 18.8. The Kier molecular flexibility index (Phi) is 5.87. The predicted octanol–water partition coefficient (Wildman–Crippen LogP) is 5.41. The van der Waals surface area contributed by atoms with Gasteiger partial charge in [0.2, 0.25) is 0 Å². The summed E-state index contributed by atoms with van der Waals surface area (Å²) in [6.45, 7) is 8.38. The third kappa shape index (κ3) is 4.59. The second kappa shape index (κ2) is 8.13. The number of nitrogens with zero attached hydrogens (tertiary/aromatic N) is 1. The molecule has 1 heterocycles. The summed E-state index contributed by atoms with van der Waals surface area (Å²) in [5, 5.41) is 0.703. The number of carbonyl (C=O) groups excluding carboxylic acids is 1. The monoisotopic (exact) mass is 371 g/mol. The zero-order valence-corrected chi connectivity index (χ0v) is 16.5. The number of hydrogen-bond acceptors (Lipinski definition) is 2. The lowest BCUT2D eigenvalue weighted by atomic mass is 9.98. The SMILES string of the molecule is Cc1cc(COc2ccc(Cl)cc2C)cc(C(=O)N2CCC(C)CC2)c1. The summed E-state index contributed by atoms with van der Waals surface area (Å²) in [5.41, 5.74) is 3.84. The topological polar surface area (TPSA) is 29.5 Å². The molecule has 4 heteroatoms. The highest BCUT2D eigenvalue weighted by Crippen LogP contribution is 2.24. The fourth-order valence-corrected chi connectivity index (χ4v) is 3.63. The first-order chi connectivity index (χ1) is 12.4. The van der Waals surface area contributed by atoms with E-state index in [0.717, 1.165) is 53.9 Å². The summed E-state index contributed by atoms with van der Waals surface area (Å²) in [6, 6.07) is 11.6. The lowest BCUT2D eigenvalue weighted by Gasteiger charge is -2.30. The Morgan fingerprint density at radius 2 is 1.88 bits per heavy atom. The maximum atomic E-state index is 12.8. The van der Waals surface area contributed by atoms with E-state index in [0.29, 0.717) is 17.5 Å². The van der Waals surface area contributed by atoms with Crippen LogP contribution < -0.4 is 4.74 Å². The van der Waals surface area contributed by atoms with Crippen LogP contribution in [-0.2, 0) is 6.61 Å². The highest BCUT2D eigenvalue weighted by atomic mass is 35.5. The molecule has 26 heavy (non-hydrogen) atoms. The van der Waals surface area contributed by atoms with Crippen LogP contribution in [0.4, 0.5) is 0 Å². The van der Waals surface area contributed by atoms with Crippen molar-refractivity contribution in [2.24, 2.45) is 5.92 Å². The van der Waals surface area contributed by atoms with E-state index in [2.05, 4.69) is 13.0 Å². The zero-order valence-electron chi connectivity index (χ0n) is 15.7. The van der Waals surface area contributed by atoms with Crippen molar-refractivity contribution in [3.8, 4) is 5.75 Å². The molecular weight excluding hydrogens is 346 g/mol. The van der Waals surface area contributed by atoms with Gasteiger partial charge < -0.3 is 9.64 Å². The number of ether oxygens (including phenoxy) is 1. The van der Waals surface area contributed by atoms with Gasteiger partial charge in [0.25, 0.3) is 5.91 Å². The van der Waals surface area contributed by atoms with Gasteiger partial charge in [-0.25, -0.2) is 0 Å². The van der Waals surface area contributed by atoms with Crippen molar-refractivity contribution in [3.63, 3.8) is 0 Å². The summed E-state index contributed by atoms with van der Waals surface area (Å²) < 4.78 is 5.94. The number of rotatable bonds is 4. The maximum Gasteiger partial charge on any atom is 0.253 e. The third-order valence-electron chi connectivity index (χ3n) is 4.99. The van der Waals surface area contributed by atoms with Gasteiger partial charge in [-0.15, -0.1) is 0 Å². The van der Waals surface area contributed by atoms with Crippen LogP contribution in [0.25, 0.3) is 0 Å². The molecule has 0 aromatic heterocycles. The van der Waals surface area contributed by atoms with Crippen LogP contribution in [0.15, 0.2) is 36.4 Å². The van der Waals surface area contributed by atoms with Crippen molar-refractivity contribution < 1.29 is 9.53 Å². The molecule has 0 spiro atoms. The summed E-state index contributed by atoms with van der Waals surface area (Å²) >= 11 is 6.00. The minimum absolute atomic E-state index is 0.129. The Labute approximate surface area is 160 Å². The molecule has 3 rings (SSSR count). The smallest absolute Gasteiger partial charge is 0.253 e. The second-order valence-electron chi connectivity index (χ2n) is 7.38. The first-order valence-corrected chi connectivity index (χ1v) is 9.59. The highest BCUT2D eigenvalue weighted by molar-refractivity contribution is 6.30. The second-order valence-corrected chi connectivity index (χ2v) is 7.82. The van der Waals surface area contributed by atoms with Crippen LogP contribution in [0.2, 0.25) is 5.02 Å². The molecule has 0 atom stereocenters. The lowest BCUT2D eigenvalue weighted by molar-refractivity contribution is 0.0697. The molecule has 2 aromatic rings. The van der Waals surface area contributed by atoms with Gasteiger partial charge in [-0.2, -0.15) is 0 Å². The van der Waals surface area contributed by atoms with Crippen LogP contribution in [0.3, 0.4) is 0 Å². The van der Waals surface area contributed by atoms with Crippen molar-refractivity contribution in [1.29, 1.82) is 0 Å². The van der Waals surface area contributed by atoms with Crippen LogP contribution >= 0.6 is 11.6 Å². The minimum Gasteiger partial charge on any atom is -0.489 e. The van der Waals surface area contributed by atoms with E-state index in [1.165, 1.54) is 0 Å². The van der Waals surface area contributed by atoms with Gasteiger partial charge in [-0.1, -0.05) is 24.6 Å². The largest absolute Gasteiger partial charge is 0.489 e. The number of likely N-dealkylation sites (tertiary alicyclic amines) is 1. The Hall–Kier alpha value is -2.00. The molecule has 1 saturated heterocycles. The van der Waals surface area contributed by atoms with E-state index in [-0.39, 0.29) is 5.91 Å². The molecule has 1 aliphatic rings. The minimum atomic E-state index is 0.129. The average molecular weight is 372 g/mol. The van der Waals surface area contributed by atoms with Crippen LogP contribution in [0, 0.1) is 19.8 Å². The number of piperidine rings is 1. The number of amides is 1. The van der Waals surface area contributed by atoms with E-state index < -0.39 is 0 Å². The molecule has 2 aromatic carbocycles. The van der Waals surface area contributed by atoms with E-state index in [1.54, 1.807) is 0 Å². The highest BCUT2D eigenvalue weighted by Gasteiger charge is 2.21. The molecule has 138 valence electrons. The van der Waals surface area contributed by atoms with Crippen molar-refractivity contribution >= 4 is 17.5 Å². The zero-order chi connectivity index (χ0) is 18.7. The number of aryl methyl sites for hydroxylation is 2. The fourth-order valence-electron chi connectivity index (χ4n) is 3.40. The molecule has 0 radical (unpaired) electrons. The lowest BCUT2D eigenvalue weighted by Crippen LogP contribution is -2.38. The predicted molar refractivity (Wildman–Crippen MR) is 106 cm³/mol. The van der Waals surface area contributed by atoms with Crippen molar-refractivity contribution in [3.05, 3.63) is 63.7 Å². The summed E-state index contributed by atoms with van der Waals surface area (Å²) in [6.07, 6.45) is 2.17. The van der Waals surface area contributed by atoms with Crippen molar-refractivity contribution in [1.82, 2.24) is 4.90 Å². The average Bonchev–Trinajstić information content (AvgIpc) is 2.60. The molecular formula is C22H26ClNO2. The molecule has 0 N–H and O–H groups in total. The van der Waals surface area contributed by atoms with Gasteiger partial charge in [0.1, 0.15) is 12.4 Å². The normalized spacial score (nSPS) is 15.2. The number of carbonyl (C=O) groups is 1. The maximum absolute atomic E-state index is 12.8. The van der Waals surface area contributed by atoms with E-state index in [9.17, 15) is 4.79 Å². The van der Waals surface area contributed by atoms with Gasteiger partial charge in [0, 0.05) is 23.7 Å².